The molecule has 158 valence electrons. The third kappa shape index (κ3) is 3.81. The Hall–Kier alpha value is -1.88. The van der Waals surface area contributed by atoms with Gasteiger partial charge in [-0.15, -0.1) is 0 Å². The molecule has 5 heteroatoms. The van der Waals surface area contributed by atoms with E-state index >= 15 is 0 Å². The number of likely N-dealkylation sites (tertiary alicyclic amines) is 2. The fourth-order valence-electron chi connectivity index (χ4n) is 6.03. The first-order chi connectivity index (χ1) is 13.8. The lowest BCUT2D eigenvalue weighted by Gasteiger charge is -2.37. The van der Waals surface area contributed by atoms with E-state index in [9.17, 15) is 9.59 Å². The average Bonchev–Trinajstić information content (AvgIpc) is 3.21. The highest BCUT2D eigenvalue weighted by Crippen LogP contribution is 2.46. The van der Waals surface area contributed by atoms with Crippen molar-refractivity contribution in [1.82, 2.24) is 14.7 Å². The van der Waals surface area contributed by atoms with E-state index in [4.69, 9.17) is 0 Å². The van der Waals surface area contributed by atoms with Gasteiger partial charge in [0, 0.05) is 55.0 Å². The molecule has 5 nitrogen and oxygen atoms in total. The number of hydrogen-bond donors (Lipinski definition) is 0. The molecule has 0 radical (unpaired) electrons. The van der Waals surface area contributed by atoms with Crippen molar-refractivity contribution >= 4 is 11.8 Å². The molecular weight excluding hydrogens is 362 g/mol. The van der Waals surface area contributed by atoms with Gasteiger partial charge in [-0.3, -0.25) is 9.59 Å². The molecule has 0 N–H and O–H groups in total. The van der Waals surface area contributed by atoms with Gasteiger partial charge in [-0.1, -0.05) is 44.4 Å². The topological polar surface area (TPSA) is 43.9 Å². The zero-order chi connectivity index (χ0) is 20.6. The fraction of sp³-hybridized carbons (Fsp3) is 0.667. The Balaban J connectivity index is 1.51. The van der Waals surface area contributed by atoms with Gasteiger partial charge in [0.2, 0.25) is 5.91 Å². The molecule has 2 atom stereocenters. The van der Waals surface area contributed by atoms with Gasteiger partial charge in [0.15, 0.2) is 0 Å². The molecule has 1 aromatic carbocycles. The molecular formula is C24H35N3O2. The summed E-state index contributed by atoms with van der Waals surface area (Å²) in [6, 6.07) is 9.58. The molecule has 2 heterocycles. The Kier molecular flexibility index (Phi) is 5.45. The normalized spacial score (nSPS) is 28.6. The lowest BCUT2D eigenvalue weighted by Crippen LogP contribution is -2.47. The molecule has 3 fully saturated rings. The largest absolute Gasteiger partial charge is 0.341 e. The maximum Gasteiger partial charge on any atom is 0.253 e. The van der Waals surface area contributed by atoms with Gasteiger partial charge >= 0.3 is 0 Å². The molecule has 0 aromatic heterocycles. The number of nitrogens with zero attached hydrogens (tertiary/aromatic N) is 3. The van der Waals surface area contributed by atoms with Crippen LogP contribution in [0.3, 0.4) is 0 Å². The monoisotopic (exact) mass is 397 g/mol. The van der Waals surface area contributed by atoms with E-state index in [0.29, 0.717) is 11.8 Å². The van der Waals surface area contributed by atoms with Crippen molar-refractivity contribution in [3.8, 4) is 0 Å². The SMILES string of the molecule is CN(C)C[C@@]12CN(C(=O)c3ccccc3)C[C@@H]1CN(C(=O)C1(C)CCCCC1)C2. The van der Waals surface area contributed by atoms with E-state index in [1.807, 2.05) is 35.2 Å². The molecule has 0 bridgehead atoms. The summed E-state index contributed by atoms with van der Waals surface area (Å²) in [5.41, 5.74) is 0.555. The second kappa shape index (κ2) is 7.75. The number of amides is 2. The second-order valence-electron chi connectivity index (χ2n) is 10.2. The van der Waals surface area contributed by atoms with E-state index in [1.54, 1.807) is 0 Å². The molecule has 4 rings (SSSR count). The summed E-state index contributed by atoms with van der Waals surface area (Å²) in [7, 11) is 4.20. The lowest BCUT2D eigenvalue weighted by atomic mass is 9.74. The molecule has 29 heavy (non-hydrogen) atoms. The third-order valence-corrected chi connectivity index (χ3v) is 7.46. The zero-order valence-corrected chi connectivity index (χ0v) is 18.2. The van der Waals surface area contributed by atoms with Crippen LogP contribution in [0, 0.1) is 16.7 Å². The first-order valence-corrected chi connectivity index (χ1v) is 11.1. The van der Waals surface area contributed by atoms with Gasteiger partial charge in [-0.05, 0) is 39.1 Å². The quantitative estimate of drug-likeness (QED) is 0.784. The van der Waals surface area contributed by atoms with Crippen molar-refractivity contribution in [3.63, 3.8) is 0 Å². The summed E-state index contributed by atoms with van der Waals surface area (Å²) in [4.78, 5) is 32.9. The Morgan fingerprint density at radius 2 is 1.62 bits per heavy atom. The summed E-state index contributed by atoms with van der Waals surface area (Å²) in [5, 5.41) is 0. The number of hydrogen-bond acceptors (Lipinski definition) is 3. The predicted molar refractivity (Wildman–Crippen MR) is 115 cm³/mol. The summed E-state index contributed by atoms with van der Waals surface area (Å²) in [5.74, 6) is 0.828. The van der Waals surface area contributed by atoms with Crippen LogP contribution >= 0.6 is 0 Å². The average molecular weight is 398 g/mol. The second-order valence-corrected chi connectivity index (χ2v) is 10.2. The summed E-state index contributed by atoms with van der Waals surface area (Å²) in [6.45, 7) is 6.15. The van der Waals surface area contributed by atoms with Gasteiger partial charge in [-0.25, -0.2) is 0 Å². The van der Waals surface area contributed by atoms with Crippen molar-refractivity contribution < 1.29 is 9.59 Å². The Morgan fingerprint density at radius 3 is 2.28 bits per heavy atom. The number of fused-ring (bicyclic) bond motifs is 1. The molecule has 1 aromatic rings. The molecule has 2 amide bonds. The van der Waals surface area contributed by atoms with Crippen LogP contribution in [0.2, 0.25) is 0 Å². The van der Waals surface area contributed by atoms with Crippen LogP contribution in [0.5, 0.6) is 0 Å². The molecule has 1 aliphatic carbocycles. The first kappa shape index (κ1) is 20.4. The maximum atomic E-state index is 13.4. The predicted octanol–water partition coefficient (Wildman–Crippen LogP) is 3.12. The number of carbonyl (C=O) groups excluding carboxylic acids is 2. The van der Waals surface area contributed by atoms with Gasteiger partial charge < -0.3 is 14.7 Å². The van der Waals surface area contributed by atoms with Crippen LogP contribution in [0.1, 0.15) is 49.4 Å². The van der Waals surface area contributed by atoms with E-state index in [-0.39, 0.29) is 16.7 Å². The van der Waals surface area contributed by atoms with E-state index in [2.05, 4.69) is 30.8 Å². The van der Waals surface area contributed by atoms with Gasteiger partial charge in [-0.2, -0.15) is 0 Å². The smallest absolute Gasteiger partial charge is 0.253 e. The van der Waals surface area contributed by atoms with Crippen LogP contribution in [-0.4, -0.2) is 73.3 Å². The minimum atomic E-state index is -0.185. The standard InChI is InChI=1S/C24H35N3O2/c1-23(12-8-5-9-13-23)22(29)27-15-20-14-26(17-24(20,18-27)16-25(2)3)21(28)19-10-6-4-7-11-19/h4,6-7,10-11,20H,5,8-9,12-18H2,1-3H3/t20-,24+/m1/s1. The lowest BCUT2D eigenvalue weighted by molar-refractivity contribution is -0.142. The fourth-order valence-corrected chi connectivity index (χ4v) is 6.03. The van der Waals surface area contributed by atoms with Crippen LogP contribution in [0.4, 0.5) is 0 Å². The molecule has 1 saturated carbocycles. The van der Waals surface area contributed by atoms with Crippen molar-refractivity contribution in [1.29, 1.82) is 0 Å². The van der Waals surface area contributed by atoms with Crippen LogP contribution in [0.15, 0.2) is 30.3 Å². The Morgan fingerprint density at radius 1 is 1.00 bits per heavy atom. The number of carbonyl (C=O) groups is 2. The Labute approximate surface area is 175 Å². The molecule has 0 spiro atoms. The summed E-state index contributed by atoms with van der Waals surface area (Å²) >= 11 is 0. The van der Waals surface area contributed by atoms with Crippen LogP contribution < -0.4 is 0 Å². The molecule has 0 unspecified atom stereocenters. The highest BCUT2D eigenvalue weighted by molar-refractivity contribution is 5.94. The molecule has 2 aliphatic heterocycles. The minimum Gasteiger partial charge on any atom is -0.341 e. The van der Waals surface area contributed by atoms with Gasteiger partial charge in [0.1, 0.15) is 0 Å². The minimum absolute atomic E-state index is 0.0192. The molecule has 2 saturated heterocycles. The first-order valence-electron chi connectivity index (χ1n) is 11.1. The van der Waals surface area contributed by atoms with Gasteiger partial charge in [0.05, 0.1) is 0 Å². The van der Waals surface area contributed by atoms with E-state index in [0.717, 1.165) is 51.1 Å². The van der Waals surface area contributed by atoms with Crippen LogP contribution in [0.25, 0.3) is 0 Å². The molecule has 3 aliphatic rings. The van der Waals surface area contributed by atoms with Crippen molar-refractivity contribution in [3.05, 3.63) is 35.9 Å². The third-order valence-electron chi connectivity index (χ3n) is 7.46. The summed E-state index contributed by atoms with van der Waals surface area (Å²) < 4.78 is 0. The van der Waals surface area contributed by atoms with Crippen LogP contribution in [-0.2, 0) is 4.79 Å². The van der Waals surface area contributed by atoms with Gasteiger partial charge in [0.25, 0.3) is 5.91 Å². The highest BCUT2D eigenvalue weighted by Gasteiger charge is 2.56. The van der Waals surface area contributed by atoms with E-state index < -0.39 is 0 Å². The highest BCUT2D eigenvalue weighted by atomic mass is 16.2. The van der Waals surface area contributed by atoms with E-state index in [1.165, 1.54) is 19.3 Å². The number of benzene rings is 1. The van der Waals surface area contributed by atoms with Crippen molar-refractivity contribution in [2.75, 3.05) is 46.8 Å². The zero-order valence-electron chi connectivity index (χ0n) is 18.2. The van der Waals surface area contributed by atoms with Crippen molar-refractivity contribution in [2.45, 2.75) is 39.0 Å². The summed E-state index contributed by atoms with van der Waals surface area (Å²) in [6.07, 6.45) is 5.63. The maximum absolute atomic E-state index is 13.4. The Bertz CT molecular complexity index is 757. The number of rotatable bonds is 4. The van der Waals surface area contributed by atoms with Crippen molar-refractivity contribution in [2.24, 2.45) is 16.7 Å².